The number of aliphatic imine (C=N–C) groups is 1. The van der Waals surface area contributed by atoms with E-state index in [1.54, 1.807) is 19.2 Å². The van der Waals surface area contributed by atoms with E-state index in [0.29, 0.717) is 24.8 Å². The van der Waals surface area contributed by atoms with E-state index in [9.17, 15) is 9.18 Å². The largest absolute Gasteiger partial charge is 0.489 e. The predicted molar refractivity (Wildman–Crippen MR) is 124 cm³/mol. The fourth-order valence-electron chi connectivity index (χ4n) is 2.47. The number of guanidine groups is 1. The summed E-state index contributed by atoms with van der Waals surface area (Å²) >= 11 is 0. The third-order valence-electron chi connectivity index (χ3n) is 3.93. The SMILES string of the molecule is CN=C(NCC(=O)NCCc1ccccc1)NCC(C)Oc1ccc(F)cc1.I. The maximum absolute atomic E-state index is 12.9. The molecule has 3 N–H and O–H groups in total. The molecule has 8 heteroatoms. The van der Waals surface area contributed by atoms with Gasteiger partial charge in [0.1, 0.15) is 17.7 Å². The Morgan fingerprint density at radius 2 is 1.76 bits per heavy atom. The molecule has 0 saturated heterocycles. The van der Waals surface area contributed by atoms with Crippen molar-refractivity contribution < 1.29 is 13.9 Å². The fraction of sp³-hybridized carbons (Fsp3) is 0.333. The Bertz CT molecular complexity index is 757. The molecule has 6 nitrogen and oxygen atoms in total. The van der Waals surface area contributed by atoms with Gasteiger partial charge in [-0.05, 0) is 43.2 Å². The lowest BCUT2D eigenvalue weighted by molar-refractivity contribution is -0.119. The first-order valence-corrected chi connectivity index (χ1v) is 9.24. The molecule has 0 aromatic heterocycles. The lowest BCUT2D eigenvalue weighted by Gasteiger charge is -2.17. The Hall–Kier alpha value is -2.36. The molecule has 2 rings (SSSR count). The normalized spacial score (nSPS) is 11.8. The van der Waals surface area contributed by atoms with Crippen molar-refractivity contribution >= 4 is 35.8 Å². The second-order valence-corrected chi connectivity index (χ2v) is 6.27. The molecule has 2 aromatic carbocycles. The lowest BCUT2D eigenvalue weighted by Crippen LogP contribution is -2.45. The van der Waals surface area contributed by atoms with Crippen LogP contribution in [0.4, 0.5) is 4.39 Å². The summed E-state index contributed by atoms with van der Waals surface area (Å²) in [6.07, 6.45) is 0.626. The molecule has 0 fully saturated rings. The minimum atomic E-state index is -0.301. The van der Waals surface area contributed by atoms with E-state index < -0.39 is 0 Å². The summed E-state index contributed by atoms with van der Waals surface area (Å²) < 4.78 is 18.6. The van der Waals surface area contributed by atoms with Gasteiger partial charge < -0.3 is 20.7 Å². The second-order valence-electron chi connectivity index (χ2n) is 6.27. The number of hydrogen-bond acceptors (Lipinski definition) is 3. The number of nitrogens with one attached hydrogen (secondary N) is 3. The number of benzene rings is 2. The van der Waals surface area contributed by atoms with Crippen molar-refractivity contribution in [1.82, 2.24) is 16.0 Å². The summed E-state index contributed by atoms with van der Waals surface area (Å²) in [4.78, 5) is 16.0. The number of amides is 1. The number of carbonyl (C=O) groups excluding carboxylic acids is 1. The van der Waals surface area contributed by atoms with Gasteiger partial charge in [0.15, 0.2) is 5.96 Å². The van der Waals surface area contributed by atoms with Crippen LogP contribution in [0.3, 0.4) is 0 Å². The third-order valence-corrected chi connectivity index (χ3v) is 3.93. The molecule has 0 spiro atoms. The second kappa shape index (κ2) is 13.8. The molecule has 0 heterocycles. The van der Waals surface area contributed by atoms with E-state index in [1.807, 2.05) is 37.3 Å². The van der Waals surface area contributed by atoms with Crippen LogP contribution in [0, 0.1) is 5.82 Å². The first kappa shape index (κ1) is 24.7. The first-order valence-electron chi connectivity index (χ1n) is 9.24. The topological polar surface area (TPSA) is 74.8 Å². The van der Waals surface area contributed by atoms with Crippen molar-refractivity contribution in [3.05, 3.63) is 66.0 Å². The average Bonchev–Trinajstić information content (AvgIpc) is 2.70. The molecule has 0 radical (unpaired) electrons. The molecule has 0 bridgehead atoms. The van der Waals surface area contributed by atoms with Crippen molar-refractivity contribution in [3.8, 4) is 5.75 Å². The number of rotatable bonds is 9. The molecule has 29 heavy (non-hydrogen) atoms. The van der Waals surface area contributed by atoms with Crippen molar-refractivity contribution in [2.24, 2.45) is 4.99 Å². The zero-order valence-electron chi connectivity index (χ0n) is 16.7. The zero-order chi connectivity index (χ0) is 20.2. The Morgan fingerprint density at radius 1 is 1.07 bits per heavy atom. The summed E-state index contributed by atoms with van der Waals surface area (Å²) in [7, 11) is 1.63. The highest BCUT2D eigenvalue weighted by Crippen LogP contribution is 2.12. The van der Waals surface area contributed by atoms with Gasteiger partial charge in [0.25, 0.3) is 0 Å². The predicted octanol–water partition coefficient (Wildman–Crippen LogP) is 2.73. The minimum absolute atomic E-state index is 0. The highest BCUT2D eigenvalue weighted by Gasteiger charge is 2.07. The third kappa shape index (κ3) is 10.1. The van der Waals surface area contributed by atoms with Gasteiger partial charge in [-0.2, -0.15) is 0 Å². The minimum Gasteiger partial charge on any atom is -0.489 e. The summed E-state index contributed by atoms with van der Waals surface area (Å²) in [5.74, 6) is 0.698. The number of halogens is 2. The van der Waals surface area contributed by atoms with Gasteiger partial charge in [0.2, 0.25) is 5.91 Å². The van der Waals surface area contributed by atoms with Crippen LogP contribution < -0.4 is 20.7 Å². The average molecular weight is 514 g/mol. The lowest BCUT2D eigenvalue weighted by atomic mass is 10.1. The smallest absolute Gasteiger partial charge is 0.239 e. The van der Waals surface area contributed by atoms with E-state index in [4.69, 9.17) is 4.74 Å². The molecule has 158 valence electrons. The van der Waals surface area contributed by atoms with E-state index in [1.165, 1.54) is 17.7 Å². The number of nitrogens with zero attached hydrogens (tertiary/aromatic N) is 1. The first-order chi connectivity index (χ1) is 13.6. The zero-order valence-corrected chi connectivity index (χ0v) is 19.0. The van der Waals surface area contributed by atoms with E-state index in [-0.39, 0.29) is 48.3 Å². The maximum Gasteiger partial charge on any atom is 0.239 e. The van der Waals surface area contributed by atoms with Gasteiger partial charge in [-0.1, -0.05) is 30.3 Å². The summed E-state index contributed by atoms with van der Waals surface area (Å²) in [6, 6.07) is 15.9. The van der Waals surface area contributed by atoms with Crippen molar-refractivity contribution in [1.29, 1.82) is 0 Å². The van der Waals surface area contributed by atoms with Crippen LogP contribution in [0.5, 0.6) is 5.75 Å². The van der Waals surface area contributed by atoms with Gasteiger partial charge >= 0.3 is 0 Å². The molecule has 0 aliphatic rings. The fourth-order valence-corrected chi connectivity index (χ4v) is 2.47. The van der Waals surface area contributed by atoms with Crippen LogP contribution in [-0.2, 0) is 11.2 Å². The van der Waals surface area contributed by atoms with E-state index >= 15 is 0 Å². The van der Waals surface area contributed by atoms with Crippen LogP contribution >= 0.6 is 24.0 Å². The molecule has 1 atom stereocenters. The highest BCUT2D eigenvalue weighted by atomic mass is 127. The molecule has 0 aliphatic carbocycles. The Kier molecular flexibility index (Phi) is 11.7. The van der Waals surface area contributed by atoms with Gasteiger partial charge in [0, 0.05) is 13.6 Å². The van der Waals surface area contributed by atoms with Crippen molar-refractivity contribution in [2.75, 3.05) is 26.7 Å². The van der Waals surface area contributed by atoms with E-state index in [2.05, 4.69) is 20.9 Å². The van der Waals surface area contributed by atoms with Crippen LogP contribution in [0.25, 0.3) is 0 Å². The number of carbonyl (C=O) groups is 1. The standard InChI is InChI=1S/C21H27FN4O2.HI/c1-16(28-19-10-8-18(22)9-11-19)14-25-21(23-2)26-15-20(27)24-13-12-17-6-4-3-5-7-17;/h3-11,16H,12-15H2,1-2H3,(H,24,27)(H2,23,25,26);1H. The van der Waals surface area contributed by atoms with Crippen LogP contribution in [0.15, 0.2) is 59.6 Å². The summed E-state index contributed by atoms with van der Waals surface area (Å²) in [6.45, 7) is 3.08. The van der Waals surface area contributed by atoms with Gasteiger partial charge in [-0.3, -0.25) is 9.79 Å². The summed E-state index contributed by atoms with van der Waals surface area (Å²) in [5, 5.41) is 8.94. The van der Waals surface area contributed by atoms with E-state index in [0.717, 1.165) is 6.42 Å². The monoisotopic (exact) mass is 514 g/mol. The quantitative estimate of drug-likeness (QED) is 0.274. The molecule has 2 aromatic rings. The van der Waals surface area contributed by atoms with Crippen molar-refractivity contribution in [3.63, 3.8) is 0 Å². The Morgan fingerprint density at radius 3 is 2.41 bits per heavy atom. The van der Waals surface area contributed by atoms with Gasteiger partial charge in [-0.25, -0.2) is 4.39 Å². The molecule has 0 saturated carbocycles. The van der Waals surface area contributed by atoms with Crippen molar-refractivity contribution in [2.45, 2.75) is 19.4 Å². The number of ether oxygens (including phenoxy) is 1. The molecule has 1 unspecified atom stereocenters. The molecular weight excluding hydrogens is 486 g/mol. The molecule has 1 amide bonds. The van der Waals surface area contributed by atoms with Crippen LogP contribution in [0.1, 0.15) is 12.5 Å². The highest BCUT2D eigenvalue weighted by molar-refractivity contribution is 14.0. The Labute approximate surface area is 188 Å². The van der Waals surface area contributed by atoms with Crippen LogP contribution in [0.2, 0.25) is 0 Å². The maximum atomic E-state index is 12.9. The molecular formula is C21H28FIN4O2. The van der Waals surface area contributed by atoms with Gasteiger partial charge in [0.05, 0.1) is 13.1 Å². The summed E-state index contributed by atoms with van der Waals surface area (Å²) in [5.41, 5.74) is 1.18. The number of hydrogen-bond donors (Lipinski definition) is 3. The van der Waals surface area contributed by atoms with Crippen LogP contribution in [-0.4, -0.2) is 44.7 Å². The Balaban J connectivity index is 0.00000420. The molecule has 0 aliphatic heterocycles. The van der Waals surface area contributed by atoms with Gasteiger partial charge in [-0.15, -0.1) is 24.0 Å².